The second kappa shape index (κ2) is 8.24. The van der Waals surface area contributed by atoms with Crippen LogP contribution in [-0.2, 0) is 4.79 Å². The number of hydrogen-bond donors (Lipinski definition) is 2. The van der Waals surface area contributed by atoms with Crippen molar-refractivity contribution in [1.82, 2.24) is 4.98 Å². The number of carbonyl (C=O) groups is 1. The van der Waals surface area contributed by atoms with Crippen LogP contribution in [0.2, 0.25) is 10.0 Å². The highest BCUT2D eigenvalue weighted by Gasteiger charge is 2.13. The standard InChI is InChI=1S/C20H13Cl2N3O3S/c21-12-6-13(22)8-14(7-12)23-9-18(26)25-20-24-16(10-29-20)15-5-11-3-1-2-4-17(11)28-19(15)27/h1-8,10,23H,9H2,(H,24,25,26). The van der Waals surface area contributed by atoms with E-state index in [0.717, 1.165) is 5.39 Å². The maximum Gasteiger partial charge on any atom is 0.345 e. The second-order valence-electron chi connectivity index (χ2n) is 6.08. The predicted octanol–water partition coefficient (Wildman–Crippen LogP) is 5.27. The van der Waals surface area contributed by atoms with Crippen LogP contribution in [0.3, 0.4) is 0 Å². The fourth-order valence-corrected chi connectivity index (χ4v) is 3.95. The third-order valence-electron chi connectivity index (χ3n) is 3.98. The van der Waals surface area contributed by atoms with E-state index in [1.165, 1.54) is 11.3 Å². The zero-order chi connectivity index (χ0) is 20.4. The number of amides is 1. The number of nitrogens with one attached hydrogen (secondary N) is 2. The molecule has 4 rings (SSSR count). The summed E-state index contributed by atoms with van der Waals surface area (Å²) >= 11 is 13.1. The van der Waals surface area contributed by atoms with Crippen LogP contribution >= 0.6 is 34.5 Å². The summed E-state index contributed by atoms with van der Waals surface area (Å²) in [5.41, 5.74) is 1.45. The molecule has 0 aliphatic carbocycles. The van der Waals surface area contributed by atoms with Crippen molar-refractivity contribution in [2.24, 2.45) is 0 Å². The zero-order valence-electron chi connectivity index (χ0n) is 14.7. The Hall–Kier alpha value is -2.87. The largest absolute Gasteiger partial charge is 0.422 e. The molecule has 0 bridgehead atoms. The van der Waals surface area contributed by atoms with Crippen LogP contribution in [0.1, 0.15) is 0 Å². The Morgan fingerprint density at radius 2 is 1.86 bits per heavy atom. The lowest BCUT2D eigenvalue weighted by atomic mass is 10.1. The fraction of sp³-hybridized carbons (Fsp3) is 0.0500. The maximum atomic E-state index is 12.3. The smallest absolute Gasteiger partial charge is 0.345 e. The quantitative estimate of drug-likeness (QED) is 0.408. The molecule has 2 N–H and O–H groups in total. The van der Waals surface area contributed by atoms with Gasteiger partial charge < -0.3 is 15.1 Å². The van der Waals surface area contributed by atoms with Crippen molar-refractivity contribution in [3.63, 3.8) is 0 Å². The molecule has 0 unspecified atom stereocenters. The average Bonchev–Trinajstić information content (AvgIpc) is 3.13. The van der Waals surface area contributed by atoms with E-state index < -0.39 is 5.63 Å². The van der Waals surface area contributed by atoms with Crippen LogP contribution in [0.4, 0.5) is 10.8 Å². The Morgan fingerprint density at radius 3 is 2.66 bits per heavy atom. The van der Waals surface area contributed by atoms with Gasteiger partial charge in [-0.1, -0.05) is 41.4 Å². The first-order valence-electron chi connectivity index (χ1n) is 8.46. The molecule has 1 amide bonds. The summed E-state index contributed by atoms with van der Waals surface area (Å²) < 4.78 is 5.33. The lowest BCUT2D eigenvalue weighted by molar-refractivity contribution is -0.114. The first-order chi connectivity index (χ1) is 14.0. The molecule has 0 fully saturated rings. The second-order valence-corrected chi connectivity index (χ2v) is 7.81. The van der Waals surface area contributed by atoms with Gasteiger partial charge in [0, 0.05) is 26.5 Å². The number of anilines is 2. The molecule has 0 spiro atoms. The molecule has 2 aromatic heterocycles. The van der Waals surface area contributed by atoms with Crippen molar-refractivity contribution < 1.29 is 9.21 Å². The molecule has 0 saturated heterocycles. The lowest BCUT2D eigenvalue weighted by Gasteiger charge is -2.07. The first kappa shape index (κ1) is 19.4. The number of hydrogen-bond acceptors (Lipinski definition) is 6. The van der Waals surface area contributed by atoms with E-state index in [1.807, 2.05) is 12.1 Å². The minimum Gasteiger partial charge on any atom is -0.422 e. The number of aromatic nitrogens is 1. The minimum atomic E-state index is -0.480. The van der Waals surface area contributed by atoms with Gasteiger partial charge in [0.1, 0.15) is 5.58 Å². The highest BCUT2D eigenvalue weighted by atomic mass is 35.5. The van der Waals surface area contributed by atoms with Gasteiger partial charge in [0.15, 0.2) is 5.13 Å². The predicted molar refractivity (Wildman–Crippen MR) is 117 cm³/mol. The monoisotopic (exact) mass is 445 g/mol. The van der Waals surface area contributed by atoms with Gasteiger partial charge in [-0.15, -0.1) is 11.3 Å². The summed E-state index contributed by atoms with van der Waals surface area (Å²) in [5.74, 6) is -0.299. The van der Waals surface area contributed by atoms with Gasteiger partial charge in [-0.25, -0.2) is 9.78 Å². The molecule has 146 valence electrons. The number of benzene rings is 2. The highest BCUT2D eigenvalue weighted by Crippen LogP contribution is 2.25. The minimum absolute atomic E-state index is 0.00367. The van der Waals surface area contributed by atoms with Crippen LogP contribution < -0.4 is 16.3 Å². The number of fused-ring (bicyclic) bond motifs is 1. The molecule has 2 heterocycles. The van der Waals surface area contributed by atoms with Crippen molar-refractivity contribution >= 4 is 62.2 Å². The molecule has 0 aliphatic rings. The summed E-state index contributed by atoms with van der Waals surface area (Å²) in [7, 11) is 0. The molecule has 4 aromatic rings. The molecule has 0 radical (unpaired) electrons. The van der Waals surface area contributed by atoms with E-state index in [-0.39, 0.29) is 12.5 Å². The van der Waals surface area contributed by atoms with Crippen LogP contribution in [-0.4, -0.2) is 17.4 Å². The van der Waals surface area contributed by atoms with Crippen molar-refractivity contribution in [2.45, 2.75) is 0 Å². The highest BCUT2D eigenvalue weighted by molar-refractivity contribution is 7.14. The van der Waals surface area contributed by atoms with Gasteiger partial charge in [0.2, 0.25) is 5.91 Å². The van der Waals surface area contributed by atoms with Gasteiger partial charge in [0.25, 0.3) is 0 Å². The third-order valence-corrected chi connectivity index (χ3v) is 5.18. The van der Waals surface area contributed by atoms with Gasteiger partial charge in [-0.3, -0.25) is 4.79 Å². The number of para-hydroxylation sites is 1. The van der Waals surface area contributed by atoms with Crippen molar-refractivity contribution in [3.05, 3.63) is 74.4 Å². The number of thiazole rings is 1. The van der Waals surface area contributed by atoms with Gasteiger partial charge in [-0.2, -0.15) is 0 Å². The van der Waals surface area contributed by atoms with E-state index in [2.05, 4.69) is 15.6 Å². The topological polar surface area (TPSA) is 84.2 Å². The molecule has 0 saturated carbocycles. The molecule has 2 aromatic carbocycles. The number of rotatable bonds is 5. The normalized spacial score (nSPS) is 10.8. The summed E-state index contributed by atoms with van der Waals surface area (Å²) in [6, 6.07) is 13.9. The molecule has 9 heteroatoms. The van der Waals surface area contributed by atoms with Crippen LogP contribution in [0.15, 0.2) is 63.1 Å². The Morgan fingerprint density at radius 1 is 1.10 bits per heavy atom. The summed E-state index contributed by atoms with van der Waals surface area (Å²) in [4.78, 5) is 28.8. The first-order valence-corrected chi connectivity index (χ1v) is 10.1. The maximum absolute atomic E-state index is 12.3. The van der Waals surface area contributed by atoms with Crippen molar-refractivity contribution in [3.8, 4) is 11.3 Å². The molecule has 0 atom stereocenters. The van der Waals surface area contributed by atoms with Crippen LogP contribution in [0.5, 0.6) is 0 Å². The molecule has 0 aliphatic heterocycles. The Bertz CT molecular complexity index is 1250. The molecular formula is C20H13Cl2N3O3S. The van der Waals surface area contributed by atoms with Crippen LogP contribution in [0, 0.1) is 0 Å². The van der Waals surface area contributed by atoms with Gasteiger partial charge >= 0.3 is 5.63 Å². The summed E-state index contributed by atoms with van der Waals surface area (Å²) in [6.07, 6.45) is 0. The number of nitrogens with zero attached hydrogens (tertiary/aromatic N) is 1. The lowest BCUT2D eigenvalue weighted by Crippen LogP contribution is -2.21. The summed E-state index contributed by atoms with van der Waals surface area (Å²) in [5, 5.41) is 9.45. The molecule has 29 heavy (non-hydrogen) atoms. The molecular weight excluding hydrogens is 433 g/mol. The van der Waals surface area contributed by atoms with Gasteiger partial charge in [-0.05, 0) is 30.3 Å². The van der Waals surface area contributed by atoms with E-state index in [9.17, 15) is 9.59 Å². The van der Waals surface area contributed by atoms with E-state index in [0.29, 0.717) is 37.7 Å². The van der Waals surface area contributed by atoms with Crippen LogP contribution in [0.25, 0.3) is 22.2 Å². The zero-order valence-corrected chi connectivity index (χ0v) is 17.1. The van der Waals surface area contributed by atoms with Crippen molar-refractivity contribution in [2.75, 3.05) is 17.2 Å². The number of halogens is 2. The summed E-state index contributed by atoms with van der Waals surface area (Å²) in [6.45, 7) is 0.00367. The van der Waals surface area contributed by atoms with E-state index in [4.69, 9.17) is 27.6 Å². The Balaban J connectivity index is 1.46. The number of carbonyl (C=O) groups excluding carboxylic acids is 1. The third kappa shape index (κ3) is 4.59. The fourth-order valence-electron chi connectivity index (χ4n) is 2.70. The molecule has 6 nitrogen and oxygen atoms in total. The SMILES string of the molecule is O=C(CNc1cc(Cl)cc(Cl)c1)Nc1nc(-c2cc3ccccc3oc2=O)cs1. The van der Waals surface area contributed by atoms with Gasteiger partial charge in [0.05, 0.1) is 17.8 Å². The average molecular weight is 446 g/mol. The van der Waals surface area contributed by atoms with E-state index >= 15 is 0 Å². The Kier molecular flexibility index (Phi) is 5.53. The Labute approximate surface area is 179 Å². The van der Waals surface area contributed by atoms with Crippen molar-refractivity contribution in [1.29, 1.82) is 0 Å². The van der Waals surface area contributed by atoms with E-state index in [1.54, 1.807) is 41.8 Å².